The first kappa shape index (κ1) is 37.5. The number of nitrogens with one attached hydrogen (secondary N) is 3. The van der Waals surface area contributed by atoms with Crippen molar-refractivity contribution in [3.63, 3.8) is 0 Å². The van der Waals surface area contributed by atoms with Crippen molar-refractivity contribution in [1.82, 2.24) is 29.5 Å². The molecule has 284 valence electrons. The second-order valence-electron chi connectivity index (χ2n) is 14.5. The average molecular weight is 747 g/mol. The smallest absolute Gasteiger partial charge is 0.410 e. The number of allylic oxidation sites excluding steroid dienone is 1. The molecule has 0 unspecified atom stereocenters. The van der Waals surface area contributed by atoms with Crippen LogP contribution in [0.15, 0.2) is 30.4 Å². The summed E-state index contributed by atoms with van der Waals surface area (Å²) in [5.41, 5.74) is -0.564. The summed E-state index contributed by atoms with van der Waals surface area (Å²) in [4.78, 5) is 71.0. The Morgan fingerprint density at radius 1 is 1.00 bits per heavy atom. The number of hydrogen-bond acceptors (Lipinski definition) is 9. The normalized spacial score (nSPS) is 28.8. The van der Waals surface area contributed by atoms with E-state index in [1.54, 1.807) is 18.2 Å². The molecule has 52 heavy (non-hydrogen) atoms. The van der Waals surface area contributed by atoms with Crippen LogP contribution in [-0.4, -0.2) is 103 Å². The van der Waals surface area contributed by atoms with E-state index in [4.69, 9.17) is 9.47 Å². The number of alkyl carbamates (subject to hydrolysis) is 1. The van der Waals surface area contributed by atoms with E-state index in [0.717, 1.165) is 42.8 Å². The van der Waals surface area contributed by atoms with Crippen LogP contribution in [0.5, 0.6) is 0 Å². The first-order chi connectivity index (χ1) is 24.8. The van der Waals surface area contributed by atoms with Crippen LogP contribution in [0.4, 0.5) is 14.0 Å². The lowest BCUT2D eigenvalue weighted by Gasteiger charge is -2.30. The summed E-state index contributed by atoms with van der Waals surface area (Å²) in [6.45, 7) is -0.0640. The van der Waals surface area contributed by atoms with Gasteiger partial charge in [0.2, 0.25) is 11.8 Å². The molecule has 1 aromatic rings. The molecule has 2 saturated carbocycles. The summed E-state index contributed by atoms with van der Waals surface area (Å²) in [5, 5.41) is 5.48. The molecule has 3 fully saturated rings. The Kier molecular flexibility index (Phi) is 11.1. The minimum Gasteiger partial charge on any atom is -0.446 e. The maximum atomic E-state index is 14.4. The van der Waals surface area contributed by atoms with Crippen LogP contribution in [0.3, 0.4) is 0 Å². The molecule has 5 amide bonds. The molecule has 3 aliphatic heterocycles. The van der Waals surface area contributed by atoms with Crippen molar-refractivity contribution in [3.05, 3.63) is 47.3 Å². The summed E-state index contributed by atoms with van der Waals surface area (Å²) in [6.07, 6.45) is 7.37. The summed E-state index contributed by atoms with van der Waals surface area (Å²) in [7, 11) is -1.66. The van der Waals surface area contributed by atoms with Gasteiger partial charge in [-0.1, -0.05) is 37.1 Å². The number of ether oxygens (including phenoxy) is 2. The van der Waals surface area contributed by atoms with Crippen LogP contribution < -0.4 is 15.4 Å². The Hall–Kier alpha value is -4.25. The Morgan fingerprint density at radius 3 is 2.48 bits per heavy atom. The van der Waals surface area contributed by atoms with Gasteiger partial charge in [0.15, 0.2) is 0 Å². The van der Waals surface area contributed by atoms with Gasteiger partial charge >= 0.3 is 22.4 Å². The summed E-state index contributed by atoms with van der Waals surface area (Å²) in [6, 6.07) is 2.32. The highest BCUT2D eigenvalue weighted by Gasteiger charge is 2.62. The second kappa shape index (κ2) is 15.4. The monoisotopic (exact) mass is 746 g/mol. The number of hydrogen-bond donors (Lipinski definition) is 3. The molecule has 17 heteroatoms. The summed E-state index contributed by atoms with van der Waals surface area (Å²) >= 11 is 0. The maximum Gasteiger partial charge on any atom is 0.410 e. The number of carbonyl (C=O) groups excluding carboxylic acids is 5. The summed E-state index contributed by atoms with van der Waals surface area (Å²) < 4.78 is 54.0. The van der Waals surface area contributed by atoms with Gasteiger partial charge in [-0.15, -0.1) is 0 Å². The van der Waals surface area contributed by atoms with Crippen LogP contribution in [0.2, 0.25) is 0 Å². The van der Waals surface area contributed by atoms with Gasteiger partial charge in [-0.25, -0.2) is 18.7 Å². The molecule has 0 radical (unpaired) electrons. The molecule has 1 saturated heterocycles. The number of rotatable bonds is 6. The number of carbonyl (C=O) groups is 5. The molecule has 6 rings (SSSR count). The minimum atomic E-state index is -4.19. The zero-order chi connectivity index (χ0) is 37.2. The third-order valence-electron chi connectivity index (χ3n) is 10.7. The van der Waals surface area contributed by atoms with Crippen LogP contribution in [0.1, 0.15) is 81.8 Å². The number of halogens is 1. The molecule has 0 bridgehead atoms. The minimum absolute atomic E-state index is 0.00237. The standard InChI is InChI=1S/C35H47FN6O9S/c1-40(2)52(48,49)39-32(45)35-18-23(35)12-6-4-3-5-7-16-28(37-33(46)50-24-13-8-9-14-24)31(44)42-20-25(17-29(42)30(43)38-35)51-34(47)41-19-22-11-10-15-27(36)26(22)21-41/h6,10-12,15,23-25,28-29H,3-5,7-9,13-14,16-21H2,1-2H3,(H,37,46)(H,38,43)(H,39,45)/b12-6-/t23-,25+,28-,29-,35+/m0/s1. The second-order valence-corrected chi connectivity index (χ2v) is 16.4. The lowest BCUT2D eigenvalue weighted by atomic mass is 10.0. The van der Waals surface area contributed by atoms with Gasteiger partial charge in [0.1, 0.15) is 35.6 Å². The molecule has 3 heterocycles. The van der Waals surface area contributed by atoms with Crippen molar-refractivity contribution in [2.45, 2.75) is 114 Å². The molecular formula is C35H47FN6O9S. The van der Waals surface area contributed by atoms with Gasteiger partial charge in [0, 0.05) is 38.5 Å². The van der Waals surface area contributed by atoms with Gasteiger partial charge in [-0.05, 0) is 63.0 Å². The maximum absolute atomic E-state index is 14.4. The summed E-state index contributed by atoms with van der Waals surface area (Å²) in [5.74, 6) is -3.17. The third-order valence-corrected chi connectivity index (χ3v) is 12.1. The molecular weight excluding hydrogens is 699 g/mol. The van der Waals surface area contributed by atoms with Crippen molar-refractivity contribution >= 4 is 40.1 Å². The van der Waals surface area contributed by atoms with Crippen molar-refractivity contribution < 1.29 is 46.3 Å². The SMILES string of the molecule is CN(C)S(=O)(=O)NC(=O)[C@@]12C[C@@H]1/C=C\CCCCC[C@H](NC(=O)OC1CCCC1)C(=O)N1C[C@H](OC(=O)N3Cc4cccc(F)c4C3)C[C@H]1C(=O)N2. The van der Waals surface area contributed by atoms with Crippen molar-refractivity contribution in [2.24, 2.45) is 5.92 Å². The highest BCUT2D eigenvalue weighted by atomic mass is 32.2. The Labute approximate surface area is 302 Å². The molecule has 5 atom stereocenters. The third kappa shape index (κ3) is 8.19. The Morgan fingerprint density at radius 2 is 1.75 bits per heavy atom. The number of fused-ring (bicyclic) bond motifs is 3. The molecule has 0 aromatic heterocycles. The fourth-order valence-electron chi connectivity index (χ4n) is 7.53. The fraction of sp³-hybridized carbons (Fsp3) is 0.629. The number of amides is 5. The van der Waals surface area contributed by atoms with Gasteiger partial charge < -0.3 is 25.0 Å². The van der Waals surface area contributed by atoms with E-state index in [-0.39, 0.29) is 45.0 Å². The molecule has 15 nitrogen and oxygen atoms in total. The fourth-order valence-corrected chi connectivity index (χ4v) is 8.12. The first-order valence-corrected chi connectivity index (χ1v) is 19.4. The lowest BCUT2D eigenvalue weighted by molar-refractivity contribution is -0.141. The average Bonchev–Trinajstić information content (AvgIpc) is 3.52. The van der Waals surface area contributed by atoms with Crippen LogP contribution in [0.25, 0.3) is 0 Å². The zero-order valence-electron chi connectivity index (χ0n) is 29.5. The topological polar surface area (TPSA) is 184 Å². The van der Waals surface area contributed by atoms with E-state index in [0.29, 0.717) is 24.0 Å². The zero-order valence-corrected chi connectivity index (χ0v) is 30.3. The van der Waals surface area contributed by atoms with Crippen LogP contribution in [-0.2, 0) is 47.2 Å². The molecule has 5 aliphatic rings. The van der Waals surface area contributed by atoms with Gasteiger partial charge in [-0.2, -0.15) is 12.7 Å². The van der Waals surface area contributed by atoms with Crippen LogP contribution in [0, 0.1) is 11.7 Å². The van der Waals surface area contributed by atoms with E-state index in [2.05, 4.69) is 10.6 Å². The Bertz CT molecular complexity index is 1720. The largest absolute Gasteiger partial charge is 0.446 e. The van der Waals surface area contributed by atoms with Crippen molar-refractivity contribution in [2.75, 3.05) is 20.6 Å². The number of benzene rings is 1. The Balaban J connectivity index is 1.24. The van der Waals surface area contributed by atoms with E-state index in [9.17, 15) is 36.8 Å². The molecule has 0 spiro atoms. The van der Waals surface area contributed by atoms with E-state index in [1.165, 1.54) is 30.0 Å². The van der Waals surface area contributed by atoms with E-state index < -0.39 is 75.6 Å². The van der Waals surface area contributed by atoms with Crippen molar-refractivity contribution in [3.8, 4) is 0 Å². The number of nitrogens with zero attached hydrogens (tertiary/aromatic N) is 3. The molecule has 2 aliphatic carbocycles. The molecule has 1 aromatic carbocycles. The van der Waals surface area contributed by atoms with Gasteiger partial charge in [-0.3, -0.25) is 19.3 Å². The van der Waals surface area contributed by atoms with Crippen LogP contribution >= 0.6 is 0 Å². The van der Waals surface area contributed by atoms with E-state index >= 15 is 0 Å². The molecule has 3 N–H and O–H groups in total. The predicted molar refractivity (Wildman–Crippen MR) is 184 cm³/mol. The van der Waals surface area contributed by atoms with Gasteiger partial charge in [0.05, 0.1) is 13.1 Å². The highest BCUT2D eigenvalue weighted by molar-refractivity contribution is 7.87. The van der Waals surface area contributed by atoms with E-state index in [1.807, 2.05) is 10.8 Å². The lowest BCUT2D eigenvalue weighted by Crippen LogP contribution is -2.58. The van der Waals surface area contributed by atoms with Crippen molar-refractivity contribution in [1.29, 1.82) is 0 Å². The first-order valence-electron chi connectivity index (χ1n) is 18.0. The predicted octanol–water partition coefficient (Wildman–Crippen LogP) is 2.60. The quantitative estimate of drug-likeness (QED) is 0.369. The highest BCUT2D eigenvalue weighted by Crippen LogP contribution is 2.46. The van der Waals surface area contributed by atoms with Gasteiger partial charge in [0.25, 0.3) is 5.91 Å².